The quantitative estimate of drug-likeness (QED) is 0.432. The molecule has 0 fully saturated rings. The van der Waals surface area contributed by atoms with Gasteiger partial charge in [-0.3, -0.25) is 0 Å². The summed E-state index contributed by atoms with van der Waals surface area (Å²) in [6, 6.07) is 6.44. The van der Waals surface area contributed by atoms with Gasteiger partial charge in [0.05, 0.1) is 2.88 Å². The average Bonchev–Trinajstić information content (AvgIpc) is 2.40. The van der Waals surface area contributed by atoms with E-state index >= 15 is 0 Å². The summed E-state index contributed by atoms with van der Waals surface area (Å²) in [4.78, 5) is 0. The lowest BCUT2D eigenvalue weighted by atomic mass is 10.2. The van der Waals surface area contributed by atoms with Crippen LogP contribution in [0.15, 0.2) is 22.7 Å². The van der Waals surface area contributed by atoms with E-state index in [2.05, 4.69) is 72.6 Å². The largest absolute Gasteiger partial charge is 0.129 e. The van der Waals surface area contributed by atoms with E-state index in [1.807, 2.05) is 11.3 Å². The third-order valence-corrected chi connectivity index (χ3v) is 5.20. The number of halogens is 3. The molecule has 1 aromatic heterocycles. The van der Waals surface area contributed by atoms with E-state index < -0.39 is 0 Å². The summed E-state index contributed by atoms with van der Waals surface area (Å²) in [5.74, 6) is 0. The predicted octanol–water partition coefficient (Wildman–Crippen LogP) is 5.16. The summed E-state index contributed by atoms with van der Waals surface area (Å²) in [6.07, 6.45) is 0. The van der Waals surface area contributed by atoms with Gasteiger partial charge < -0.3 is 0 Å². The van der Waals surface area contributed by atoms with Crippen LogP contribution in [0, 0.1) is 2.88 Å². The number of hydrogen-bond donors (Lipinski definition) is 0. The number of alkyl halides is 1. The summed E-state index contributed by atoms with van der Waals surface area (Å²) in [5, 5.41) is 2.29. The van der Waals surface area contributed by atoms with E-state index in [0.29, 0.717) is 0 Å². The number of benzene rings is 1. The van der Waals surface area contributed by atoms with Crippen molar-refractivity contribution in [1.29, 1.82) is 0 Å². The molecule has 2 aromatic rings. The maximum atomic E-state index is 3.52. The molecule has 0 saturated carbocycles. The maximum Gasteiger partial charge on any atom is 0.0706 e. The molecule has 0 atom stereocenters. The number of hydrogen-bond acceptors (Lipinski definition) is 1. The van der Waals surface area contributed by atoms with Gasteiger partial charge in [-0.05, 0) is 51.7 Å². The highest BCUT2D eigenvalue weighted by molar-refractivity contribution is 14.1. The van der Waals surface area contributed by atoms with Gasteiger partial charge in [0.15, 0.2) is 0 Å². The van der Waals surface area contributed by atoms with E-state index in [0.717, 1.165) is 9.80 Å². The zero-order valence-corrected chi connectivity index (χ0v) is 12.6. The van der Waals surface area contributed by atoms with E-state index in [-0.39, 0.29) is 0 Å². The van der Waals surface area contributed by atoms with Crippen LogP contribution >= 0.6 is 65.8 Å². The fourth-order valence-corrected chi connectivity index (χ4v) is 4.99. The number of rotatable bonds is 1. The van der Waals surface area contributed by atoms with Gasteiger partial charge in [-0.25, -0.2) is 0 Å². The van der Waals surface area contributed by atoms with Crippen molar-refractivity contribution in [3.05, 3.63) is 31.1 Å². The van der Waals surface area contributed by atoms with Crippen LogP contribution in [-0.2, 0) is 5.33 Å². The van der Waals surface area contributed by atoms with Gasteiger partial charge in [-0.1, -0.05) is 31.9 Å². The third kappa shape index (κ3) is 1.96. The zero-order valence-electron chi connectivity index (χ0n) is 6.48. The summed E-state index contributed by atoms with van der Waals surface area (Å²) in [6.45, 7) is 0. The van der Waals surface area contributed by atoms with Crippen molar-refractivity contribution in [2.75, 3.05) is 0 Å². The Balaban J connectivity index is 2.80. The third-order valence-electron chi connectivity index (χ3n) is 1.84. The van der Waals surface area contributed by atoms with Crippen LogP contribution in [0.5, 0.6) is 0 Å². The molecule has 0 radical (unpaired) electrons. The Morgan fingerprint density at radius 3 is 2.85 bits per heavy atom. The second kappa shape index (κ2) is 4.16. The Hall–Kier alpha value is 0.870. The predicted molar refractivity (Wildman–Crippen MR) is 74.9 cm³/mol. The Morgan fingerprint density at radius 1 is 1.38 bits per heavy atom. The maximum absolute atomic E-state index is 3.52. The summed E-state index contributed by atoms with van der Waals surface area (Å²) >= 11 is 11.3. The van der Waals surface area contributed by atoms with E-state index in [9.17, 15) is 0 Å². The molecule has 0 bridgehead atoms. The van der Waals surface area contributed by atoms with E-state index in [1.54, 1.807) is 0 Å². The molecule has 68 valence electrons. The average molecular weight is 432 g/mol. The van der Waals surface area contributed by atoms with Crippen LogP contribution in [-0.4, -0.2) is 0 Å². The van der Waals surface area contributed by atoms with Gasteiger partial charge in [0.1, 0.15) is 0 Å². The smallest absolute Gasteiger partial charge is 0.0706 e. The molecule has 0 nitrogen and oxygen atoms in total. The topological polar surface area (TPSA) is 0 Å². The van der Waals surface area contributed by atoms with Gasteiger partial charge in [-0.2, -0.15) is 0 Å². The van der Waals surface area contributed by atoms with Crippen LogP contribution in [0.2, 0.25) is 0 Å². The molecule has 4 heteroatoms. The minimum absolute atomic E-state index is 0.932. The molecule has 13 heavy (non-hydrogen) atoms. The monoisotopic (exact) mass is 430 g/mol. The lowest BCUT2D eigenvalue weighted by Crippen LogP contribution is -1.75. The van der Waals surface area contributed by atoms with Crippen molar-refractivity contribution in [2.45, 2.75) is 5.33 Å². The summed E-state index contributed by atoms with van der Waals surface area (Å²) in [5.41, 5.74) is 1.40. The first kappa shape index (κ1) is 10.4. The molecule has 0 spiro atoms. The van der Waals surface area contributed by atoms with Gasteiger partial charge in [0.25, 0.3) is 0 Å². The first-order valence-electron chi connectivity index (χ1n) is 3.65. The highest BCUT2D eigenvalue weighted by atomic mass is 127. The molecule has 0 saturated heterocycles. The van der Waals surface area contributed by atoms with Crippen LogP contribution in [0.25, 0.3) is 10.1 Å². The second-order valence-corrected chi connectivity index (χ2v) is 6.97. The molecular weight excluding hydrogens is 427 g/mol. The second-order valence-electron chi connectivity index (χ2n) is 2.63. The van der Waals surface area contributed by atoms with Crippen LogP contribution < -0.4 is 0 Å². The number of thiophene rings is 1. The van der Waals surface area contributed by atoms with Crippen molar-refractivity contribution in [3.63, 3.8) is 0 Å². The first-order chi connectivity index (χ1) is 6.22. The van der Waals surface area contributed by atoms with Gasteiger partial charge in [0, 0.05) is 14.5 Å². The van der Waals surface area contributed by atoms with Crippen molar-refractivity contribution in [3.8, 4) is 0 Å². The molecule has 2 rings (SSSR count). The SMILES string of the molecule is BrCc1c(I)sc2ccc(Br)cc12. The van der Waals surface area contributed by atoms with Crippen LogP contribution in [0.4, 0.5) is 0 Å². The fourth-order valence-electron chi connectivity index (χ4n) is 1.22. The highest BCUT2D eigenvalue weighted by Crippen LogP contribution is 2.35. The molecule has 0 N–H and O–H groups in total. The molecule has 0 aliphatic carbocycles. The van der Waals surface area contributed by atoms with Crippen molar-refractivity contribution < 1.29 is 0 Å². The summed E-state index contributed by atoms with van der Waals surface area (Å²) < 4.78 is 3.89. The minimum Gasteiger partial charge on any atom is -0.129 e. The van der Waals surface area contributed by atoms with Gasteiger partial charge in [-0.15, -0.1) is 11.3 Å². The Kier molecular flexibility index (Phi) is 3.33. The van der Waals surface area contributed by atoms with E-state index in [4.69, 9.17) is 0 Å². The van der Waals surface area contributed by atoms with Crippen molar-refractivity contribution in [2.24, 2.45) is 0 Å². The van der Waals surface area contributed by atoms with Crippen molar-refractivity contribution >= 4 is 75.9 Å². The van der Waals surface area contributed by atoms with Gasteiger partial charge >= 0.3 is 0 Å². The fraction of sp³-hybridized carbons (Fsp3) is 0.111. The zero-order chi connectivity index (χ0) is 9.42. The molecule has 0 aliphatic rings. The number of fused-ring (bicyclic) bond motifs is 1. The highest BCUT2D eigenvalue weighted by Gasteiger charge is 2.08. The minimum atomic E-state index is 0.932. The van der Waals surface area contributed by atoms with Gasteiger partial charge in [0.2, 0.25) is 0 Å². The van der Waals surface area contributed by atoms with Crippen LogP contribution in [0.3, 0.4) is 0 Å². The molecular formula is C9H5Br2IS. The molecule has 1 aromatic carbocycles. The van der Waals surface area contributed by atoms with Crippen molar-refractivity contribution in [1.82, 2.24) is 0 Å². The molecule has 0 unspecified atom stereocenters. The van der Waals surface area contributed by atoms with Crippen LogP contribution in [0.1, 0.15) is 5.56 Å². The standard InChI is InChI=1S/C9H5Br2IS/c10-4-7-6-3-5(11)1-2-8(6)13-9(7)12/h1-3H,4H2. The molecule has 1 heterocycles. The first-order valence-corrected chi connectivity index (χ1v) is 7.45. The normalized spacial score (nSPS) is 11.0. The Morgan fingerprint density at radius 2 is 2.15 bits per heavy atom. The molecule has 0 amide bonds. The molecule has 0 aliphatic heterocycles. The summed E-state index contributed by atoms with van der Waals surface area (Å²) in [7, 11) is 0. The lowest BCUT2D eigenvalue weighted by Gasteiger charge is -1.94. The Labute approximate surface area is 111 Å². The van der Waals surface area contributed by atoms with E-state index in [1.165, 1.54) is 18.5 Å². The lowest BCUT2D eigenvalue weighted by molar-refractivity contribution is 1.51. The Bertz CT molecular complexity index is 450.